The highest BCUT2D eigenvalue weighted by Crippen LogP contribution is 2.23. The highest BCUT2D eigenvalue weighted by molar-refractivity contribution is 5.97. The third kappa shape index (κ3) is 6.25. The molecule has 2 N–H and O–H groups in total. The third-order valence-electron chi connectivity index (χ3n) is 5.33. The van der Waals surface area contributed by atoms with Gasteiger partial charge in [-0.1, -0.05) is 30.3 Å². The van der Waals surface area contributed by atoms with Crippen LogP contribution in [0.3, 0.4) is 0 Å². The van der Waals surface area contributed by atoms with Gasteiger partial charge in [-0.05, 0) is 24.6 Å². The van der Waals surface area contributed by atoms with Crippen molar-refractivity contribution in [3.05, 3.63) is 59.7 Å². The monoisotopic (exact) mass is 469 g/mol. The Morgan fingerprint density at radius 3 is 2.32 bits per heavy atom. The lowest BCUT2D eigenvalue weighted by molar-refractivity contribution is -0.152. The first-order valence-electron chi connectivity index (χ1n) is 10.7. The SMILES string of the molecule is COc1cc(OC)cc(C(=O)NN2C[C@@H](C(=O)OCC(=O)N[C@@H](C)c3ccccc3)CC2=O)c1. The van der Waals surface area contributed by atoms with Crippen LogP contribution in [-0.4, -0.2) is 56.1 Å². The Bertz CT molecular complexity index is 1040. The molecular formula is C24H27N3O7. The topological polar surface area (TPSA) is 123 Å². The number of carbonyl (C=O) groups is 4. The van der Waals surface area contributed by atoms with Crippen LogP contribution in [0.2, 0.25) is 0 Å². The van der Waals surface area contributed by atoms with Crippen LogP contribution in [-0.2, 0) is 19.1 Å². The summed E-state index contributed by atoms with van der Waals surface area (Å²) in [6, 6.07) is 13.7. The second kappa shape index (κ2) is 11.2. The minimum Gasteiger partial charge on any atom is -0.497 e. The molecule has 0 unspecified atom stereocenters. The molecule has 0 radical (unpaired) electrons. The van der Waals surface area contributed by atoms with E-state index in [9.17, 15) is 19.2 Å². The van der Waals surface area contributed by atoms with Gasteiger partial charge in [0.15, 0.2) is 6.61 Å². The molecule has 0 bridgehead atoms. The van der Waals surface area contributed by atoms with Crippen molar-refractivity contribution in [2.75, 3.05) is 27.4 Å². The molecule has 1 fully saturated rings. The Balaban J connectivity index is 1.50. The standard InChI is InChI=1S/C24H27N3O7/c1-15(16-7-5-4-6-8-16)25-21(28)14-34-24(31)18-11-22(29)27(13-18)26-23(30)17-9-19(32-2)12-20(10-17)33-3/h4-10,12,15,18H,11,13-14H2,1-3H3,(H,25,28)(H,26,30)/t15-,18-/m0/s1. The number of nitrogens with zero attached hydrogens (tertiary/aromatic N) is 1. The molecule has 2 aromatic rings. The van der Waals surface area contributed by atoms with Crippen LogP contribution in [0.5, 0.6) is 11.5 Å². The summed E-state index contributed by atoms with van der Waals surface area (Å²) < 4.78 is 15.4. The van der Waals surface area contributed by atoms with Gasteiger partial charge < -0.3 is 19.5 Å². The zero-order valence-electron chi connectivity index (χ0n) is 19.2. The first-order chi connectivity index (χ1) is 16.3. The molecule has 1 aliphatic heterocycles. The van der Waals surface area contributed by atoms with E-state index < -0.39 is 36.2 Å². The molecule has 180 valence electrons. The van der Waals surface area contributed by atoms with Crippen molar-refractivity contribution >= 4 is 23.7 Å². The predicted molar refractivity (Wildman–Crippen MR) is 121 cm³/mol. The molecule has 2 aromatic carbocycles. The van der Waals surface area contributed by atoms with E-state index in [2.05, 4.69) is 10.7 Å². The molecular weight excluding hydrogens is 442 g/mol. The van der Waals surface area contributed by atoms with Crippen molar-refractivity contribution in [3.8, 4) is 11.5 Å². The number of benzene rings is 2. The molecule has 0 spiro atoms. The number of ether oxygens (including phenoxy) is 3. The molecule has 2 atom stereocenters. The van der Waals surface area contributed by atoms with E-state index in [1.807, 2.05) is 37.3 Å². The second-order valence-electron chi connectivity index (χ2n) is 7.76. The summed E-state index contributed by atoms with van der Waals surface area (Å²) >= 11 is 0. The largest absolute Gasteiger partial charge is 0.497 e. The van der Waals surface area contributed by atoms with Gasteiger partial charge in [-0.3, -0.25) is 29.6 Å². The van der Waals surface area contributed by atoms with E-state index in [-0.39, 0.29) is 24.6 Å². The van der Waals surface area contributed by atoms with E-state index in [0.29, 0.717) is 11.5 Å². The number of carbonyl (C=O) groups excluding carboxylic acids is 4. The van der Waals surface area contributed by atoms with Crippen LogP contribution >= 0.6 is 0 Å². The van der Waals surface area contributed by atoms with Gasteiger partial charge in [0.25, 0.3) is 11.8 Å². The average molecular weight is 469 g/mol. The second-order valence-corrected chi connectivity index (χ2v) is 7.76. The maximum Gasteiger partial charge on any atom is 0.311 e. The van der Waals surface area contributed by atoms with E-state index in [4.69, 9.17) is 14.2 Å². The zero-order valence-corrected chi connectivity index (χ0v) is 19.2. The quantitative estimate of drug-likeness (QED) is 0.535. The first-order valence-corrected chi connectivity index (χ1v) is 10.7. The summed E-state index contributed by atoms with van der Waals surface area (Å²) in [5.74, 6) is -2.10. The van der Waals surface area contributed by atoms with Crippen LogP contribution < -0.4 is 20.2 Å². The summed E-state index contributed by atoms with van der Waals surface area (Å²) in [4.78, 5) is 49.5. The van der Waals surface area contributed by atoms with Crippen molar-refractivity contribution in [3.63, 3.8) is 0 Å². The Labute approximate surface area is 197 Å². The van der Waals surface area contributed by atoms with Crippen molar-refractivity contribution in [2.24, 2.45) is 5.92 Å². The predicted octanol–water partition coefficient (Wildman–Crippen LogP) is 1.62. The van der Waals surface area contributed by atoms with E-state index in [1.165, 1.54) is 26.4 Å². The summed E-state index contributed by atoms with van der Waals surface area (Å²) in [6.07, 6.45) is -0.136. The maximum absolute atomic E-state index is 12.6. The van der Waals surface area contributed by atoms with Crippen molar-refractivity contribution < 1.29 is 33.4 Å². The highest BCUT2D eigenvalue weighted by atomic mass is 16.5. The van der Waals surface area contributed by atoms with E-state index in [1.54, 1.807) is 6.07 Å². The van der Waals surface area contributed by atoms with E-state index in [0.717, 1.165) is 10.6 Å². The molecule has 1 saturated heterocycles. The molecule has 3 rings (SSSR count). The fraction of sp³-hybridized carbons (Fsp3) is 0.333. The summed E-state index contributed by atoms with van der Waals surface area (Å²) in [7, 11) is 2.92. The molecule has 3 amide bonds. The number of nitrogens with one attached hydrogen (secondary N) is 2. The average Bonchev–Trinajstić information content (AvgIpc) is 3.22. The van der Waals surface area contributed by atoms with Gasteiger partial charge >= 0.3 is 5.97 Å². The lowest BCUT2D eigenvalue weighted by Crippen LogP contribution is -2.43. The van der Waals surface area contributed by atoms with Crippen LogP contribution in [0, 0.1) is 5.92 Å². The number of rotatable bonds is 9. The fourth-order valence-electron chi connectivity index (χ4n) is 3.46. The van der Waals surface area contributed by atoms with Crippen LogP contribution in [0.4, 0.5) is 0 Å². The molecule has 0 aromatic heterocycles. The van der Waals surface area contributed by atoms with E-state index >= 15 is 0 Å². The molecule has 1 aliphatic rings. The number of hydrogen-bond donors (Lipinski definition) is 2. The number of hydrogen-bond acceptors (Lipinski definition) is 7. The third-order valence-corrected chi connectivity index (χ3v) is 5.33. The van der Waals surface area contributed by atoms with Crippen LogP contribution in [0.25, 0.3) is 0 Å². The minimum absolute atomic E-state index is 0.0629. The van der Waals surface area contributed by atoms with Gasteiger partial charge in [0, 0.05) is 18.1 Å². The van der Waals surface area contributed by atoms with Crippen molar-refractivity contribution in [1.29, 1.82) is 0 Å². The van der Waals surface area contributed by atoms with Crippen molar-refractivity contribution in [1.82, 2.24) is 15.8 Å². The summed E-state index contributed by atoms with van der Waals surface area (Å²) in [5, 5.41) is 3.82. The number of amides is 3. The first kappa shape index (κ1) is 24.6. The number of methoxy groups -OCH3 is 2. The lowest BCUT2D eigenvalue weighted by Gasteiger charge is -2.18. The molecule has 1 heterocycles. The minimum atomic E-state index is -0.799. The Morgan fingerprint density at radius 2 is 1.71 bits per heavy atom. The van der Waals surface area contributed by atoms with Gasteiger partial charge in [-0.2, -0.15) is 0 Å². The smallest absolute Gasteiger partial charge is 0.311 e. The zero-order chi connectivity index (χ0) is 24.7. The Morgan fingerprint density at radius 1 is 1.06 bits per heavy atom. The number of esters is 1. The van der Waals surface area contributed by atoms with Crippen molar-refractivity contribution in [2.45, 2.75) is 19.4 Å². The normalized spacial score (nSPS) is 15.9. The fourth-order valence-corrected chi connectivity index (χ4v) is 3.46. The van der Waals surface area contributed by atoms with Crippen LogP contribution in [0.1, 0.15) is 35.3 Å². The molecule has 0 aliphatic carbocycles. The Kier molecular flexibility index (Phi) is 8.07. The van der Waals surface area contributed by atoms with Gasteiger partial charge in [0.1, 0.15) is 11.5 Å². The highest BCUT2D eigenvalue weighted by Gasteiger charge is 2.37. The summed E-state index contributed by atoms with van der Waals surface area (Å²) in [5.41, 5.74) is 3.63. The van der Waals surface area contributed by atoms with Gasteiger partial charge in [-0.25, -0.2) is 0 Å². The van der Waals surface area contributed by atoms with Gasteiger partial charge in [0.2, 0.25) is 5.91 Å². The maximum atomic E-state index is 12.6. The summed E-state index contributed by atoms with van der Waals surface area (Å²) in [6.45, 7) is 1.30. The number of hydrazine groups is 1. The van der Waals surface area contributed by atoms with Gasteiger partial charge in [0.05, 0.1) is 32.7 Å². The lowest BCUT2D eigenvalue weighted by atomic mass is 10.1. The molecule has 34 heavy (non-hydrogen) atoms. The van der Waals surface area contributed by atoms with Gasteiger partial charge in [-0.15, -0.1) is 0 Å². The molecule has 10 nitrogen and oxygen atoms in total. The molecule has 10 heteroatoms. The molecule has 0 saturated carbocycles. The van der Waals surface area contributed by atoms with Crippen LogP contribution in [0.15, 0.2) is 48.5 Å². The Hall–Kier alpha value is -4.08.